The van der Waals surface area contributed by atoms with Crippen LogP contribution in [0.3, 0.4) is 0 Å². The summed E-state index contributed by atoms with van der Waals surface area (Å²) in [6.07, 6.45) is 4.27. The smallest absolute Gasteiger partial charge is 0.194 e. The third-order valence-corrected chi connectivity index (χ3v) is 4.46. The van der Waals surface area contributed by atoms with E-state index in [0.29, 0.717) is 6.61 Å². The van der Waals surface area contributed by atoms with Gasteiger partial charge in [0.25, 0.3) is 0 Å². The number of aromatic nitrogens is 1. The highest BCUT2D eigenvalue weighted by Crippen LogP contribution is 2.24. The number of ether oxygens (including phenoxy) is 1. The van der Waals surface area contributed by atoms with Crippen molar-refractivity contribution in [3.63, 3.8) is 0 Å². The number of nitrogens with one attached hydrogen (secondary N) is 1. The maximum absolute atomic E-state index is 6.01. The highest BCUT2D eigenvalue weighted by molar-refractivity contribution is 14.0. The Kier molecular flexibility index (Phi) is 7.31. The maximum Gasteiger partial charge on any atom is 0.194 e. The normalized spacial score (nSPS) is 18.0. The zero-order valence-corrected chi connectivity index (χ0v) is 17.4. The summed E-state index contributed by atoms with van der Waals surface area (Å²) in [6, 6.07) is 10.6. The number of hydrogen-bond donors (Lipinski definition) is 1. The van der Waals surface area contributed by atoms with Gasteiger partial charge in [-0.15, -0.1) is 24.0 Å². The van der Waals surface area contributed by atoms with Gasteiger partial charge < -0.3 is 19.5 Å². The minimum Gasteiger partial charge on any atom is -0.370 e. The van der Waals surface area contributed by atoms with Crippen LogP contribution in [0, 0.1) is 6.92 Å². The molecule has 0 aliphatic carbocycles. The Morgan fingerprint density at radius 3 is 2.80 bits per heavy atom. The molecule has 1 aromatic carbocycles. The van der Waals surface area contributed by atoms with Crippen molar-refractivity contribution in [3.8, 4) is 0 Å². The van der Waals surface area contributed by atoms with Gasteiger partial charge in [0.1, 0.15) is 6.10 Å². The van der Waals surface area contributed by atoms with Gasteiger partial charge in [0.2, 0.25) is 0 Å². The summed E-state index contributed by atoms with van der Waals surface area (Å²) < 4.78 is 8.07. The summed E-state index contributed by atoms with van der Waals surface area (Å²) in [7, 11) is 3.87. The van der Waals surface area contributed by atoms with Crippen LogP contribution in [-0.2, 0) is 18.3 Å². The van der Waals surface area contributed by atoms with Gasteiger partial charge in [-0.2, -0.15) is 0 Å². The number of rotatable bonds is 3. The Bertz CT molecular complexity index is 713. The molecule has 2 heterocycles. The number of morpholine rings is 1. The van der Waals surface area contributed by atoms with Crippen LogP contribution < -0.4 is 5.32 Å². The van der Waals surface area contributed by atoms with Crippen LogP contribution in [0.1, 0.15) is 22.8 Å². The molecule has 1 aliphatic heterocycles. The van der Waals surface area contributed by atoms with Gasteiger partial charge >= 0.3 is 0 Å². The van der Waals surface area contributed by atoms with E-state index < -0.39 is 0 Å². The molecule has 0 spiro atoms. The molecule has 1 N–H and O–H groups in total. The molecule has 0 bridgehead atoms. The van der Waals surface area contributed by atoms with Crippen LogP contribution in [0.4, 0.5) is 0 Å². The highest BCUT2D eigenvalue weighted by Gasteiger charge is 2.25. The Labute approximate surface area is 167 Å². The van der Waals surface area contributed by atoms with E-state index in [4.69, 9.17) is 4.74 Å². The maximum atomic E-state index is 6.01. The number of guanidine groups is 1. The lowest BCUT2D eigenvalue weighted by Gasteiger charge is -2.35. The van der Waals surface area contributed by atoms with E-state index >= 15 is 0 Å². The molecular weight excluding hydrogens is 427 g/mol. The summed E-state index contributed by atoms with van der Waals surface area (Å²) in [5, 5.41) is 3.46. The van der Waals surface area contributed by atoms with Crippen molar-refractivity contribution in [2.45, 2.75) is 19.6 Å². The third-order valence-electron chi connectivity index (χ3n) is 4.46. The molecule has 1 saturated heterocycles. The minimum atomic E-state index is 0. The van der Waals surface area contributed by atoms with E-state index in [2.05, 4.69) is 69.4 Å². The Morgan fingerprint density at radius 1 is 1.32 bits per heavy atom. The summed E-state index contributed by atoms with van der Waals surface area (Å²) in [5.41, 5.74) is 3.79. The molecule has 6 heteroatoms. The van der Waals surface area contributed by atoms with Crippen molar-refractivity contribution in [2.75, 3.05) is 26.7 Å². The zero-order chi connectivity index (χ0) is 16.9. The second kappa shape index (κ2) is 9.24. The molecule has 3 rings (SSSR count). The molecule has 0 amide bonds. The van der Waals surface area contributed by atoms with Crippen LogP contribution in [0.25, 0.3) is 0 Å². The molecule has 136 valence electrons. The number of hydrogen-bond acceptors (Lipinski definition) is 2. The lowest BCUT2D eigenvalue weighted by atomic mass is 10.0. The van der Waals surface area contributed by atoms with E-state index in [1.54, 1.807) is 0 Å². The first-order valence-electron chi connectivity index (χ1n) is 8.41. The van der Waals surface area contributed by atoms with E-state index in [1.165, 1.54) is 16.7 Å². The minimum absolute atomic E-state index is 0. The summed E-state index contributed by atoms with van der Waals surface area (Å²) in [5.74, 6) is 0.931. The van der Waals surface area contributed by atoms with Gasteiger partial charge in [0, 0.05) is 39.6 Å². The van der Waals surface area contributed by atoms with Gasteiger partial charge in [0.15, 0.2) is 5.96 Å². The molecule has 1 aromatic heterocycles. The quantitative estimate of drug-likeness (QED) is 0.441. The molecule has 2 aromatic rings. The Hall–Kier alpha value is -1.54. The van der Waals surface area contributed by atoms with Crippen molar-refractivity contribution >= 4 is 29.9 Å². The topological polar surface area (TPSA) is 41.8 Å². The van der Waals surface area contributed by atoms with Gasteiger partial charge in [-0.1, -0.05) is 24.3 Å². The lowest BCUT2D eigenvalue weighted by Crippen LogP contribution is -2.48. The standard InChI is InChI=1S/C19H26N4O.HI/c1-15-6-4-5-7-17(15)18-14-23(10-11-24-18)19(20-2)21-12-16-8-9-22(3)13-16;/h4-9,13,18H,10-12,14H2,1-3H3,(H,20,21);1H. The SMILES string of the molecule is CN=C(NCc1ccn(C)c1)N1CCOC(c2ccccc2C)C1.I. The lowest BCUT2D eigenvalue weighted by molar-refractivity contribution is -0.00833. The van der Waals surface area contributed by atoms with Crippen LogP contribution in [0.5, 0.6) is 0 Å². The van der Waals surface area contributed by atoms with Crippen LogP contribution in [0.15, 0.2) is 47.7 Å². The highest BCUT2D eigenvalue weighted by atomic mass is 127. The third kappa shape index (κ3) is 4.98. The number of aryl methyl sites for hydroxylation is 2. The van der Waals surface area contributed by atoms with E-state index in [9.17, 15) is 0 Å². The predicted molar refractivity (Wildman–Crippen MR) is 112 cm³/mol. The first-order chi connectivity index (χ1) is 11.7. The molecule has 1 fully saturated rings. The van der Waals surface area contributed by atoms with E-state index in [0.717, 1.165) is 25.6 Å². The number of aliphatic imine (C=N–C) groups is 1. The fourth-order valence-corrected chi connectivity index (χ4v) is 3.16. The first-order valence-corrected chi connectivity index (χ1v) is 8.41. The predicted octanol–water partition coefficient (Wildman–Crippen LogP) is 3.10. The molecule has 1 unspecified atom stereocenters. The summed E-state index contributed by atoms with van der Waals surface area (Å²) in [6.45, 7) is 5.31. The molecule has 0 saturated carbocycles. The second-order valence-corrected chi connectivity index (χ2v) is 6.25. The summed E-state index contributed by atoms with van der Waals surface area (Å²) >= 11 is 0. The number of halogens is 1. The molecule has 0 radical (unpaired) electrons. The monoisotopic (exact) mass is 454 g/mol. The zero-order valence-electron chi connectivity index (χ0n) is 15.1. The van der Waals surface area contributed by atoms with Crippen molar-refractivity contribution in [3.05, 3.63) is 59.4 Å². The Morgan fingerprint density at radius 2 is 2.12 bits per heavy atom. The first kappa shape index (κ1) is 19.8. The average molecular weight is 454 g/mol. The largest absolute Gasteiger partial charge is 0.370 e. The second-order valence-electron chi connectivity index (χ2n) is 6.25. The van der Waals surface area contributed by atoms with Crippen LogP contribution in [-0.4, -0.2) is 42.2 Å². The molecular formula is C19H27IN4O. The molecule has 5 nitrogen and oxygen atoms in total. The van der Waals surface area contributed by atoms with Gasteiger partial charge in [-0.3, -0.25) is 4.99 Å². The molecule has 1 atom stereocenters. The average Bonchev–Trinajstić information content (AvgIpc) is 3.01. The fourth-order valence-electron chi connectivity index (χ4n) is 3.16. The van der Waals surface area contributed by atoms with Crippen molar-refractivity contribution in [2.24, 2.45) is 12.0 Å². The van der Waals surface area contributed by atoms with Crippen molar-refractivity contribution in [1.29, 1.82) is 0 Å². The molecule has 1 aliphatic rings. The van der Waals surface area contributed by atoms with E-state index in [-0.39, 0.29) is 30.1 Å². The van der Waals surface area contributed by atoms with Crippen molar-refractivity contribution in [1.82, 2.24) is 14.8 Å². The van der Waals surface area contributed by atoms with Gasteiger partial charge in [-0.25, -0.2) is 0 Å². The fraction of sp³-hybridized carbons (Fsp3) is 0.421. The van der Waals surface area contributed by atoms with Crippen molar-refractivity contribution < 1.29 is 4.74 Å². The number of benzene rings is 1. The van der Waals surface area contributed by atoms with Crippen LogP contribution >= 0.6 is 24.0 Å². The van der Waals surface area contributed by atoms with E-state index in [1.807, 2.05) is 14.1 Å². The Balaban J connectivity index is 0.00000225. The van der Waals surface area contributed by atoms with Gasteiger partial charge in [-0.05, 0) is 29.7 Å². The molecule has 25 heavy (non-hydrogen) atoms. The summed E-state index contributed by atoms with van der Waals surface area (Å²) in [4.78, 5) is 6.73. The van der Waals surface area contributed by atoms with Gasteiger partial charge in [0.05, 0.1) is 13.2 Å². The number of nitrogens with zero attached hydrogens (tertiary/aromatic N) is 3. The van der Waals surface area contributed by atoms with Crippen LogP contribution in [0.2, 0.25) is 0 Å².